The van der Waals surface area contributed by atoms with E-state index in [9.17, 15) is 13.2 Å². The molecule has 0 aromatic heterocycles. The fraction of sp³-hybridized carbons (Fsp3) is 0.143. The van der Waals surface area contributed by atoms with Crippen molar-refractivity contribution in [3.8, 4) is 0 Å². The zero-order valence-electron chi connectivity index (χ0n) is 10.1. The fourth-order valence-electron chi connectivity index (χ4n) is 1.87. The van der Waals surface area contributed by atoms with Crippen molar-refractivity contribution in [2.75, 3.05) is 0 Å². The third-order valence-corrected chi connectivity index (χ3v) is 3.61. The highest BCUT2D eigenvalue weighted by Crippen LogP contribution is 2.31. The Hall–Kier alpha value is -1.33. The van der Waals surface area contributed by atoms with E-state index in [4.69, 9.17) is 5.73 Å². The molecule has 0 fully saturated rings. The second-order valence-corrected chi connectivity index (χ2v) is 5.09. The molecule has 1 atom stereocenters. The van der Waals surface area contributed by atoms with Crippen molar-refractivity contribution in [1.29, 1.82) is 0 Å². The van der Waals surface area contributed by atoms with Crippen LogP contribution < -0.4 is 5.73 Å². The van der Waals surface area contributed by atoms with Gasteiger partial charge < -0.3 is 5.73 Å². The number of aryl methyl sites for hydroxylation is 1. The number of hydrogen-bond donors (Lipinski definition) is 1. The number of rotatable bonds is 2. The van der Waals surface area contributed by atoms with E-state index < -0.39 is 23.5 Å². The van der Waals surface area contributed by atoms with Crippen LogP contribution >= 0.6 is 15.9 Å². The zero-order valence-corrected chi connectivity index (χ0v) is 11.6. The molecular weight excluding hydrogens is 319 g/mol. The highest BCUT2D eigenvalue weighted by Gasteiger charge is 2.21. The first kappa shape index (κ1) is 14.1. The van der Waals surface area contributed by atoms with E-state index in [1.165, 1.54) is 37.3 Å². The van der Waals surface area contributed by atoms with E-state index in [0.29, 0.717) is 15.6 Å². The van der Waals surface area contributed by atoms with E-state index in [-0.39, 0.29) is 5.56 Å². The van der Waals surface area contributed by atoms with Gasteiger partial charge in [-0.15, -0.1) is 0 Å². The van der Waals surface area contributed by atoms with Crippen LogP contribution in [0.4, 0.5) is 13.2 Å². The molecule has 0 spiro atoms. The Balaban J connectivity index is 2.56. The first-order chi connectivity index (χ1) is 8.91. The Labute approximate surface area is 117 Å². The molecule has 5 heteroatoms. The van der Waals surface area contributed by atoms with Crippen LogP contribution in [0.15, 0.2) is 34.8 Å². The molecule has 2 N–H and O–H groups in total. The molecule has 19 heavy (non-hydrogen) atoms. The SMILES string of the molecule is Cc1ccc(F)c(C(N)c2ccc(F)cc2Br)c1F. The quantitative estimate of drug-likeness (QED) is 0.876. The van der Waals surface area contributed by atoms with Gasteiger partial charge in [0.2, 0.25) is 0 Å². The summed E-state index contributed by atoms with van der Waals surface area (Å²) >= 11 is 3.15. The second kappa shape index (κ2) is 5.35. The van der Waals surface area contributed by atoms with Gasteiger partial charge in [0.25, 0.3) is 0 Å². The van der Waals surface area contributed by atoms with Crippen LogP contribution in [0.1, 0.15) is 22.7 Å². The summed E-state index contributed by atoms with van der Waals surface area (Å²) in [6.07, 6.45) is 0. The third kappa shape index (κ3) is 2.67. The van der Waals surface area contributed by atoms with Crippen molar-refractivity contribution < 1.29 is 13.2 Å². The zero-order chi connectivity index (χ0) is 14.2. The predicted octanol–water partition coefficient (Wildman–Crippen LogP) is 4.22. The van der Waals surface area contributed by atoms with Crippen LogP contribution in [0, 0.1) is 24.4 Å². The molecule has 2 rings (SSSR count). The van der Waals surface area contributed by atoms with Gasteiger partial charge in [-0.05, 0) is 36.2 Å². The molecule has 0 heterocycles. The fourth-order valence-corrected chi connectivity index (χ4v) is 2.47. The maximum absolute atomic E-state index is 14.0. The van der Waals surface area contributed by atoms with Gasteiger partial charge in [-0.25, -0.2) is 13.2 Å². The van der Waals surface area contributed by atoms with Gasteiger partial charge >= 0.3 is 0 Å². The average molecular weight is 330 g/mol. The summed E-state index contributed by atoms with van der Waals surface area (Å²) in [5.74, 6) is -1.84. The Morgan fingerprint density at radius 3 is 2.42 bits per heavy atom. The molecule has 0 radical (unpaired) electrons. The highest BCUT2D eigenvalue weighted by molar-refractivity contribution is 9.10. The monoisotopic (exact) mass is 329 g/mol. The summed E-state index contributed by atoms with van der Waals surface area (Å²) < 4.78 is 41.2. The van der Waals surface area contributed by atoms with Gasteiger partial charge in [0.15, 0.2) is 0 Å². The minimum absolute atomic E-state index is 0.215. The van der Waals surface area contributed by atoms with Crippen LogP contribution in [-0.2, 0) is 0 Å². The van der Waals surface area contributed by atoms with E-state index in [1.807, 2.05) is 0 Å². The minimum atomic E-state index is -1.00. The molecule has 0 amide bonds. The van der Waals surface area contributed by atoms with Crippen molar-refractivity contribution >= 4 is 15.9 Å². The molecular formula is C14H11BrF3N. The van der Waals surface area contributed by atoms with Crippen molar-refractivity contribution in [2.24, 2.45) is 5.73 Å². The summed E-state index contributed by atoms with van der Waals surface area (Å²) in [5, 5.41) is 0. The maximum atomic E-state index is 14.0. The molecule has 1 unspecified atom stereocenters. The van der Waals surface area contributed by atoms with Crippen LogP contribution in [0.3, 0.4) is 0 Å². The lowest BCUT2D eigenvalue weighted by Gasteiger charge is -2.17. The highest BCUT2D eigenvalue weighted by atomic mass is 79.9. The second-order valence-electron chi connectivity index (χ2n) is 4.24. The van der Waals surface area contributed by atoms with Gasteiger partial charge in [0.05, 0.1) is 6.04 Å². The van der Waals surface area contributed by atoms with Crippen molar-refractivity contribution in [3.05, 3.63) is 68.9 Å². The number of hydrogen-bond acceptors (Lipinski definition) is 1. The van der Waals surface area contributed by atoms with Gasteiger partial charge in [0, 0.05) is 10.0 Å². The van der Waals surface area contributed by atoms with Crippen LogP contribution in [0.25, 0.3) is 0 Å². The van der Waals surface area contributed by atoms with Gasteiger partial charge in [-0.2, -0.15) is 0 Å². The van der Waals surface area contributed by atoms with Crippen molar-refractivity contribution in [2.45, 2.75) is 13.0 Å². The Bertz CT molecular complexity index is 628. The molecule has 0 aliphatic rings. The summed E-state index contributed by atoms with van der Waals surface area (Å²) in [5.41, 5.74) is 6.42. The molecule has 0 aliphatic carbocycles. The smallest absolute Gasteiger partial charge is 0.134 e. The van der Waals surface area contributed by atoms with Gasteiger partial charge in [-0.1, -0.05) is 28.1 Å². The lowest BCUT2D eigenvalue weighted by Crippen LogP contribution is -2.17. The molecule has 0 aliphatic heterocycles. The molecule has 0 saturated carbocycles. The van der Waals surface area contributed by atoms with E-state index in [1.54, 1.807) is 0 Å². The van der Waals surface area contributed by atoms with Crippen LogP contribution in [-0.4, -0.2) is 0 Å². The Kier molecular flexibility index (Phi) is 3.96. The third-order valence-electron chi connectivity index (χ3n) is 2.93. The Morgan fingerprint density at radius 2 is 1.79 bits per heavy atom. The molecule has 2 aromatic carbocycles. The largest absolute Gasteiger partial charge is 0.320 e. The van der Waals surface area contributed by atoms with Crippen LogP contribution in [0.5, 0.6) is 0 Å². The lowest BCUT2D eigenvalue weighted by atomic mass is 9.97. The van der Waals surface area contributed by atoms with Gasteiger partial charge in [-0.3, -0.25) is 0 Å². The summed E-state index contributed by atoms with van der Waals surface area (Å²) in [6, 6.07) is 5.33. The van der Waals surface area contributed by atoms with E-state index in [2.05, 4.69) is 15.9 Å². The predicted molar refractivity (Wildman–Crippen MR) is 71.2 cm³/mol. The summed E-state index contributed by atoms with van der Waals surface area (Å²) in [4.78, 5) is 0. The lowest BCUT2D eigenvalue weighted by molar-refractivity contribution is 0.537. The minimum Gasteiger partial charge on any atom is -0.320 e. The van der Waals surface area contributed by atoms with Crippen LogP contribution in [0.2, 0.25) is 0 Å². The average Bonchev–Trinajstić information content (AvgIpc) is 2.34. The first-order valence-corrected chi connectivity index (χ1v) is 6.36. The summed E-state index contributed by atoms with van der Waals surface area (Å²) in [7, 11) is 0. The normalized spacial score (nSPS) is 12.5. The topological polar surface area (TPSA) is 26.0 Å². The number of halogens is 4. The van der Waals surface area contributed by atoms with E-state index >= 15 is 0 Å². The standard InChI is InChI=1S/C14H11BrF3N/c1-7-2-5-11(17)12(13(7)18)14(19)9-4-3-8(16)6-10(9)15/h2-6,14H,19H2,1H3. The van der Waals surface area contributed by atoms with Gasteiger partial charge in [0.1, 0.15) is 17.5 Å². The van der Waals surface area contributed by atoms with E-state index in [0.717, 1.165) is 0 Å². The molecule has 2 aromatic rings. The Morgan fingerprint density at radius 1 is 1.11 bits per heavy atom. The molecule has 1 nitrogen and oxygen atoms in total. The number of nitrogens with two attached hydrogens (primary N) is 1. The maximum Gasteiger partial charge on any atom is 0.134 e. The number of benzene rings is 2. The van der Waals surface area contributed by atoms with Crippen molar-refractivity contribution in [1.82, 2.24) is 0 Å². The molecule has 100 valence electrons. The first-order valence-electron chi connectivity index (χ1n) is 5.57. The van der Waals surface area contributed by atoms with Crippen molar-refractivity contribution in [3.63, 3.8) is 0 Å². The summed E-state index contributed by atoms with van der Waals surface area (Å²) in [6.45, 7) is 1.53. The molecule has 0 saturated heterocycles. The molecule has 0 bridgehead atoms.